The van der Waals surface area contributed by atoms with E-state index in [1.54, 1.807) is 24.9 Å². The number of likely N-dealkylation sites (N-methyl/N-ethyl adjacent to an activating group) is 1. The summed E-state index contributed by atoms with van der Waals surface area (Å²) in [5.41, 5.74) is -0.370. The highest BCUT2D eigenvalue weighted by Gasteiger charge is 2.47. The van der Waals surface area contributed by atoms with E-state index in [1.807, 2.05) is 0 Å². The third kappa shape index (κ3) is 3.18. The van der Waals surface area contributed by atoms with Gasteiger partial charge in [0.05, 0.1) is 6.54 Å². The van der Waals surface area contributed by atoms with Gasteiger partial charge in [-0.05, 0) is 32.6 Å². The van der Waals surface area contributed by atoms with Gasteiger partial charge in [-0.2, -0.15) is 5.10 Å². The van der Waals surface area contributed by atoms with E-state index in [1.165, 1.54) is 16.0 Å². The number of amides is 3. The normalized spacial score (nSPS) is 25.7. The third-order valence-corrected chi connectivity index (χ3v) is 6.54. The standard InChI is InChI=1S/C20H29N5O3/c1-20(19(28)21-14-8-4-3-5-9-14)13-25-16(18(27)23(20)2)12-15(22-25)17(26)24-10-6-7-11-24/h12,14H,3-11,13H2,1-2H3,(H,21,28)/t20-/m1/s1. The number of nitrogens with one attached hydrogen (secondary N) is 1. The van der Waals surface area contributed by atoms with Crippen molar-refractivity contribution < 1.29 is 14.4 Å². The number of carbonyl (C=O) groups is 3. The molecule has 2 aliphatic heterocycles. The lowest BCUT2D eigenvalue weighted by Gasteiger charge is -2.41. The number of aromatic nitrogens is 2. The summed E-state index contributed by atoms with van der Waals surface area (Å²) < 4.78 is 1.53. The quantitative estimate of drug-likeness (QED) is 0.850. The molecule has 28 heavy (non-hydrogen) atoms. The third-order valence-electron chi connectivity index (χ3n) is 6.54. The summed E-state index contributed by atoms with van der Waals surface area (Å²) in [4.78, 5) is 42.0. The van der Waals surface area contributed by atoms with Crippen molar-refractivity contribution in [3.8, 4) is 0 Å². The number of nitrogens with zero attached hydrogens (tertiary/aromatic N) is 4. The van der Waals surface area contributed by atoms with Crippen LogP contribution in [0.1, 0.15) is 72.8 Å². The average molecular weight is 387 g/mol. The number of rotatable bonds is 3. The van der Waals surface area contributed by atoms with Gasteiger partial charge in [-0.25, -0.2) is 0 Å². The number of carbonyl (C=O) groups excluding carboxylic acids is 3. The van der Waals surface area contributed by atoms with Gasteiger partial charge in [-0.15, -0.1) is 0 Å². The van der Waals surface area contributed by atoms with E-state index in [0.717, 1.165) is 51.6 Å². The smallest absolute Gasteiger partial charge is 0.274 e. The van der Waals surface area contributed by atoms with Crippen molar-refractivity contribution in [3.63, 3.8) is 0 Å². The first-order valence-corrected chi connectivity index (χ1v) is 10.4. The molecule has 1 saturated heterocycles. The largest absolute Gasteiger partial charge is 0.351 e. The molecule has 3 aliphatic rings. The highest BCUT2D eigenvalue weighted by atomic mass is 16.2. The maximum atomic E-state index is 13.1. The van der Waals surface area contributed by atoms with E-state index in [2.05, 4.69) is 10.4 Å². The van der Waals surface area contributed by atoms with Gasteiger partial charge in [-0.1, -0.05) is 19.3 Å². The fourth-order valence-corrected chi connectivity index (χ4v) is 4.50. The molecular weight excluding hydrogens is 358 g/mol. The van der Waals surface area contributed by atoms with E-state index in [-0.39, 0.29) is 36.0 Å². The Bertz CT molecular complexity index is 792. The molecule has 0 aromatic carbocycles. The Morgan fingerprint density at radius 3 is 2.50 bits per heavy atom. The minimum atomic E-state index is -1.03. The molecule has 1 aliphatic carbocycles. The summed E-state index contributed by atoms with van der Waals surface area (Å²) >= 11 is 0. The number of fused-ring (bicyclic) bond motifs is 1. The lowest BCUT2D eigenvalue weighted by Crippen LogP contribution is -2.63. The van der Waals surface area contributed by atoms with Gasteiger partial charge in [0.2, 0.25) is 5.91 Å². The SMILES string of the molecule is CN1C(=O)c2cc(C(=O)N3CCCC3)nn2C[C@]1(C)C(=O)NC1CCCCC1. The van der Waals surface area contributed by atoms with Gasteiger partial charge in [0.25, 0.3) is 11.8 Å². The highest BCUT2D eigenvalue weighted by molar-refractivity contribution is 6.01. The van der Waals surface area contributed by atoms with Crippen LogP contribution < -0.4 is 5.32 Å². The van der Waals surface area contributed by atoms with Gasteiger partial charge in [0, 0.05) is 32.2 Å². The first-order valence-electron chi connectivity index (χ1n) is 10.4. The molecule has 3 heterocycles. The van der Waals surface area contributed by atoms with Gasteiger partial charge >= 0.3 is 0 Å². The summed E-state index contributed by atoms with van der Waals surface area (Å²) in [7, 11) is 1.65. The fraction of sp³-hybridized carbons (Fsp3) is 0.700. The lowest BCUT2D eigenvalue weighted by molar-refractivity contribution is -0.133. The Kier molecular flexibility index (Phi) is 4.89. The van der Waals surface area contributed by atoms with E-state index >= 15 is 0 Å². The second-order valence-corrected chi connectivity index (χ2v) is 8.52. The maximum Gasteiger partial charge on any atom is 0.274 e. The number of hydrogen-bond acceptors (Lipinski definition) is 4. The molecule has 0 unspecified atom stereocenters. The minimum absolute atomic E-state index is 0.136. The summed E-state index contributed by atoms with van der Waals surface area (Å²) in [5.74, 6) is -0.562. The first-order chi connectivity index (χ1) is 13.4. The van der Waals surface area contributed by atoms with Crippen LogP contribution in [0.15, 0.2) is 6.07 Å². The first kappa shape index (κ1) is 19.0. The van der Waals surface area contributed by atoms with Crippen LogP contribution in [0.5, 0.6) is 0 Å². The molecule has 0 bridgehead atoms. The van der Waals surface area contributed by atoms with Crippen molar-refractivity contribution in [1.82, 2.24) is 24.9 Å². The van der Waals surface area contributed by atoms with Gasteiger partial charge < -0.3 is 15.1 Å². The van der Waals surface area contributed by atoms with Crippen LogP contribution in [0.25, 0.3) is 0 Å². The Balaban J connectivity index is 1.55. The van der Waals surface area contributed by atoms with Crippen molar-refractivity contribution in [2.24, 2.45) is 0 Å². The predicted octanol–water partition coefficient (Wildman–Crippen LogP) is 1.41. The summed E-state index contributed by atoms with van der Waals surface area (Å²) in [6.45, 7) is 3.48. The van der Waals surface area contributed by atoms with Crippen LogP contribution in [-0.2, 0) is 11.3 Å². The topological polar surface area (TPSA) is 87.5 Å². The summed E-state index contributed by atoms with van der Waals surface area (Å²) in [6, 6.07) is 1.74. The molecule has 8 heteroatoms. The van der Waals surface area contributed by atoms with Gasteiger partial charge in [0.1, 0.15) is 11.2 Å². The van der Waals surface area contributed by atoms with Crippen molar-refractivity contribution in [3.05, 3.63) is 17.5 Å². The van der Waals surface area contributed by atoms with E-state index in [0.29, 0.717) is 5.69 Å². The van der Waals surface area contributed by atoms with E-state index in [4.69, 9.17) is 0 Å². The van der Waals surface area contributed by atoms with Crippen molar-refractivity contribution >= 4 is 17.7 Å². The number of hydrogen-bond donors (Lipinski definition) is 1. The fourth-order valence-electron chi connectivity index (χ4n) is 4.50. The van der Waals surface area contributed by atoms with Gasteiger partial charge in [-0.3, -0.25) is 19.1 Å². The lowest BCUT2D eigenvalue weighted by atomic mass is 9.92. The molecule has 152 valence electrons. The minimum Gasteiger partial charge on any atom is -0.351 e. The second-order valence-electron chi connectivity index (χ2n) is 8.52. The Hall–Kier alpha value is -2.38. The Morgan fingerprint density at radius 2 is 1.82 bits per heavy atom. The van der Waals surface area contributed by atoms with Crippen LogP contribution in [0.4, 0.5) is 0 Å². The molecule has 0 spiro atoms. The zero-order valence-corrected chi connectivity index (χ0v) is 16.7. The number of likely N-dealkylation sites (tertiary alicyclic amines) is 1. The molecule has 8 nitrogen and oxygen atoms in total. The molecule has 4 rings (SSSR count). The zero-order valence-electron chi connectivity index (χ0n) is 16.7. The molecule has 1 aromatic rings. The molecule has 0 radical (unpaired) electrons. The van der Waals surface area contributed by atoms with Crippen molar-refractivity contribution in [2.75, 3.05) is 20.1 Å². The monoisotopic (exact) mass is 387 g/mol. The van der Waals surface area contributed by atoms with Crippen LogP contribution >= 0.6 is 0 Å². The zero-order chi connectivity index (χ0) is 19.9. The molecule has 1 aromatic heterocycles. The Labute approximate surface area is 165 Å². The molecular formula is C20H29N5O3. The average Bonchev–Trinajstić information content (AvgIpc) is 3.36. The molecule has 3 amide bonds. The van der Waals surface area contributed by atoms with Crippen LogP contribution in [0.3, 0.4) is 0 Å². The molecule has 1 N–H and O–H groups in total. The molecule has 1 saturated carbocycles. The van der Waals surface area contributed by atoms with Gasteiger partial charge in [0.15, 0.2) is 5.69 Å². The van der Waals surface area contributed by atoms with E-state index in [9.17, 15) is 14.4 Å². The molecule has 2 fully saturated rings. The summed E-state index contributed by atoms with van der Waals surface area (Å²) in [5, 5.41) is 7.54. The van der Waals surface area contributed by atoms with E-state index < -0.39 is 5.54 Å². The maximum absolute atomic E-state index is 13.1. The van der Waals surface area contributed by atoms with Crippen LogP contribution in [0.2, 0.25) is 0 Å². The summed E-state index contributed by atoms with van der Waals surface area (Å²) in [6.07, 6.45) is 7.44. The van der Waals surface area contributed by atoms with Crippen LogP contribution in [-0.4, -0.2) is 69.0 Å². The van der Waals surface area contributed by atoms with Crippen molar-refractivity contribution in [2.45, 2.75) is 70.0 Å². The highest BCUT2D eigenvalue weighted by Crippen LogP contribution is 2.27. The second kappa shape index (κ2) is 7.22. The Morgan fingerprint density at radius 1 is 1.14 bits per heavy atom. The van der Waals surface area contributed by atoms with Crippen LogP contribution in [0, 0.1) is 0 Å². The molecule has 1 atom stereocenters. The predicted molar refractivity (Wildman–Crippen MR) is 103 cm³/mol. The van der Waals surface area contributed by atoms with Crippen molar-refractivity contribution in [1.29, 1.82) is 0 Å².